The van der Waals surface area contributed by atoms with Crippen LogP contribution in [0, 0.1) is 5.92 Å². The first-order chi connectivity index (χ1) is 17.4. The van der Waals surface area contributed by atoms with Crippen LogP contribution >= 0.6 is 0 Å². The number of amides is 1. The SMILES string of the molecule is CS(=O)(=O)c1cc(CC(=O)Cc2ccc(Oc3ccnc(NC(=O)C4CC4)c3)nc2)cc(C(F)(F)F)c1. The first-order valence-corrected chi connectivity index (χ1v) is 13.1. The van der Waals surface area contributed by atoms with Gasteiger partial charge in [0.05, 0.1) is 10.5 Å². The largest absolute Gasteiger partial charge is 0.439 e. The highest BCUT2D eigenvalue weighted by molar-refractivity contribution is 7.90. The number of Topliss-reactive ketones (excluding diaryl/α,β-unsaturated/α-hetero) is 1. The predicted molar refractivity (Wildman–Crippen MR) is 127 cm³/mol. The number of aromatic nitrogens is 2. The monoisotopic (exact) mass is 533 g/mol. The van der Waals surface area contributed by atoms with Crippen molar-refractivity contribution >= 4 is 27.3 Å². The van der Waals surface area contributed by atoms with Gasteiger partial charge < -0.3 is 10.1 Å². The Labute approximate surface area is 210 Å². The maximum Gasteiger partial charge on any atom is 0.416 e. The minimum atomic E-state index is -4.75. The van der Waals surface area contributed by atoms with Crippen LogP contribution in [-0.4, -0.2) is 36.3 Å². The number of rotatable bonds is 9. The summed E-state index contributed by atoms with van der Waals surface area (Å²) in [5.74, 6) is 0.485. The van der Waals surface area contributed by atoms with Gasteiger partial charge >= 0.3 is 6.18 Å². The lowest BCUT2D eigenvalue weighted by Gasteiger charge is -2.11. The standard InChI is InChI=1S/C25H22F3N3O5S/c1-37(34,35)21-11-16(8-18(12-21)25(26,27)28)10-19(32)9-15-2-5-23(30-14-15)36-20-6-7-29-22(13-20)31-24(33)17-3-4-17/h2,5-8,11-14,17H,3-4,9-10H2,1H3,(H,29,31,33). The summed E-state index contributed by atoms with van der Waals surface area (Å²) < 4.78 is 68.9. The van der Waals surface area contributed by atoms with Crippen LogP contribution in [0.25, 0.3) is 0 Å². The lowest BCUT2D eigenvalue weighted by molar-refractivity contribution is -0.137. The van der Waals surface area contributed by atoms with Crippen LogP contribution in [0.15, 0.2) is 59.8 Å². The van der Waals surface area contributed by atoms with Crippen molar-refractivity contribution in [3.05, 3.63) is 71.5 Å². The molecule has 0 spiro atoms. The number of hydrogen-bond donors (Lipinski definition) is 1. The number of nitrogens with one attached hydrogen (secondary N) is 1. The van der Waals surface area contributed by atoms with Gasteiger partial charge in [0, 0.05) is 49.5 Å². The molecule has 0 bridgehead atoms. The van der Waals surface area contributed by atoms with Crippen molar-refractivity contribution in [2.45, 2.75) is 36.8 Å². The summed E-state index contributed by atoms with van der Waals surface area (Å²) in [5.41, 5.74) is -0.678. The zero-order chi connectivity index (χ0) is 26.8. The molecular formula is C25H22F3N3O5S. The molecule has 1 fully saturated rings. The molecule has 1 amide bonds. The van der Waals surface area contributed by atoms with Crippen LogP contribution in [0.4, 0.5) is 19.0 Å². The van der Waals surface area contributed by atoms with Gasteiger partial charge in [-0.05, 0) is 48.2 Å². The van der Waals surface area contributed by atoms with Crippen molar-refractivity contribution in [3.63, 3.8) is 0 Å². The van der Waals surface area contributed by atoms with Crippen molar-refractivity contribution in [3.8, 4) is 11.6 Å². The number of sulfone groups is 1. The van der Waals surface area contributed by atoms with Gasteiger partial charge in [-0.25, -0.2) is 18.4 Å². The van der Waals surface area contributed by atoms with E-state index >= 15 is 0 Å². The van der Waals surface area contributed by atoms with Crippen molar-refractivity contribution in [1.82, 2.24) is 9.97 Å². The van der Waals surface area contributed by atoms with Crippen LogP contribution in [0.3, 0.4) is 0 Å². The molecule has 0 aliphatic heterocycles. The molecule has 1 N–H and O–H groups in total. The van der Waals surface area contributed by atoms with E-state index in [2.05, 4.69) is 15.3 Å². The molecular weight excluding hydrogens is 511 g/mol. The number of anilines is 1. The zero-order valence-electron chi connectivity index (χ0n) is 19.6. The maximum absolute atomic E-state index is 13.2. The third kappa shape index (κ3) is 7.35. The third-order valence-corrected chi connectivity index (χ3v) is 6.57. The van der Waals surface area contributed by atoms with Crippen LogP contribution < -0.4 is 10.1 Å². The molecule has 8 nitrogen and oxygen atoms in total. The molecule has 0 saturated heterocycles. The van der Waals surface area contributed by atoms with Gasteiger partial charge in [0.1, 0.15) is 17.4 Å². The minimum absolute atomic E-state index is 0.0265. The second-order valence-corrected chi connectivity index (χ2v) is 10.8. The van der Waals surface area contributed by atoms with Crippen molar-refractivity contribution < 1.29 is 35.9 Å². The Morgan fingerprint density at radius 1 is 1.03 bits per heavy atom. The number of alkyl halides is 3. The van der Waals surface area contributed by atoms with Crippen LogP contribution in [0.5, 0.6) is 11.6 Å². The van der Waals surface area contributed by atoms with E-state index < -0.39 is 32.3 Å². The molecule has 1 aromatic carbocycles. The number of nitrogens with zero attached hydrogens (tertiary/aromatic N) is 2. The number of hydrogen-bond acceptors (Lipinski definition) is 7. The van der Waals surface area contributed by atoms with E-state index in [-0.39, 0.29) is 36.1 Å². The number of pyridine rings is 2. The van der Waals surface area contributed by atoms with E-state index in [1.165, 1.54) is 18.5 Å². The molecule has 2 heterocycles. The van der Waals surface area contributed by atoms with E-state index in [0.29, 0.717) is 23.2 Å². The highest BCUT2D eigenvalue weighted by Gasteiger charge is 2.32. The van der Waals surface area contributed by atoms with Gasteiger partial charge in [-0.15, -0.1) is 0 Å². The van der Waals surface area contributed by atoms with Crippen molar-refractivity contribution in [2.75, 3.05) is 11.6 Å². The molecule has 12 heteroatoms. The Morgan fingerprint density at radius 3 is 2.38 bits per heavy atom. The zero-order valence-corrected chi connectivity index (χ0v) is 20.4. The summed E-state index contributed by atoms with van der Waals surface area (Å²) in [6.45, 7) is 0. The fraction of sp³-hybridized carbons (Fsp3) is 0.280. The quantitative estimate of drug-likeness (QED) is 0.434. The summed E-state index contributed by atoms with van der Waals surface area (Å²) >= 11 is 0. The molecule has 3 aromatic rings. The van der Waals surface area contributed by atoms with Gasteiger partial charge in [-0.3, -0.25) is 9.59 Å². The Kier molecular flexibility index (Phi) is 7.30. The molecule has 1 aliphatic carbocycles. The fourth-order valence-corrected chi connectivity index (χ4v) is 4.18. The molecule has 0 radical (unpaired) electrons. The topological polar surface area (TPSA) is 115 Å². The number of ketones is 1. The summed E-state index contributed by atoms with van der Waals surface area (Å²) in [4.78, 5) is 32.2. The molecule has 194 valence electrons. The lowest BCUT2D eigenvalue weighted by atomic mass is 10.0. The number of benzene rings is 1. The average molecular weight is 534 g/mol. The van der Waals surface area contributed by atoms with E-state index in [4.69, 9.17) is 4.74 Å². The summed E-state index contributed by atoms with van der Waals surface area (Å²) in [5, 5.41) is 2.72. The van der Waals surface area contributed by atoms with E-state index in [1.807, 2.05) is 0 Å². The Morgan fingerprint density at radius 2 is 1.76 bits per heavy atom. The summed E-state index contributed by atoms with van der Waals surface area (Å²) in [7, 11) is -3.90. The molecule has 1 saturated carbocycles. The van der Waals surface area contributed by atoms with Gasteiger partial charge in [0.15, 0.2) is 9.84 Å². The van der Waals surface area contributed by atoms with E-state index in [0.717, 1.165) is 31.2 Å². The Bertz CT molecular complexity index is 1440. The Balaban J connectivity index is 1.39. The van der Waals surface area contributed by atoms with Gasteiger partial charge in [0.2, 0.25) is 11.8 Å². The highest BCUT2D eigenvalue weighted by Crippen LogP contribution is 2.32. The number of halogens is 3. The van der Waals surface area contributed by atoms with Crippen molar-refractivity contribution in [1.29, 1.82) is 0 Å². The molecule has 1 aliphatic rings. The van der Waals surface area contributed by atoms with Crippen molar-refractivity contribution in [2.24, 2.45) is 5.92 Å². The normalized spacial score (nSPS) is 13.7. The fourth-order valence-electron chi connectivity index (χ4n) is 3.47. The van der Waals surface area contributed by atoms with Crippen LogP contribution in [0.1, 0.15) is 29.5 Å². The van der Waals surface area contributed by atoms with E-state index in [1.54, 1.807) is 18.2 Å². The van der Waals surface area contributed by atoms with Crippen LogP contribution in [0.2, 0.25) is 0 Å². The molecule has 0 unspecified atom stereocenters. The number of ether oxygens (including phenoxy) is 1. The van der Waals surface area contributed by atoms with E-state index in [9.17, 15) is 31.2 Å². The number of carbonyl (C=O) groups is 2. The molecule has 4 rings (SSSR count). The maximum atomic E-state index is 13.2. The average Bonchev–Trinajstić information content (AvgIpc) is 3.65. The number of carbonyl (C=O) groups excluding carboxylic acids is 2. The predicted octanol–water partition coefficient (Wildman–Crippen LogP) is 4.39. The van der Waals surface area contributed by atoms with Gasteiger partial charge in [-0.1, -0.05) is 6.07 Å². The molecule has 37 heavy (non-hydrogen) atoms. The third-order valence-electron chi connectivity index (χ3n) is 5.48. The smallest absolute Gasteiger partial charge is 0.416 e. The summed E-state index contributed by atoms with van der Waals surface area (Å²) in [6, 6.07) is 8.66. The van der Waals surface area contributed by atoms with Crippen LogP contribution in [-0.2, 0) is 38.4 Å². The first-order valence-electron chi connectivity index (χ1n) is 11.2. The molecule has 0 atom stereocenters. The summed E-state index contributed by atoms with van der Waals surface area (Å²) in [6.07, 6.45) is 0.162. The Hall–Kier alpha value is -3.80. The minimum Gasteiger partial charge on any atom is -0.439 e. The van der Waals surface area contributed by atoms with Gasteiger partial charge in [-0.2, -0.15) is 13.2 Å². The lowest BCUT2D eigenvalue weighted by Crippen LogP contribution is -2.14. The second kappa shape index (κ2) is 10.3. The molecule has 2 aromatic heterocycles. The second-order valence-electron chi connectivity index (χ2n) is 8.77. The van der Waals surface area contributed by atoms with Gasteiger partial charge in [0.25, 0.3) is 0 Å². The first kappa shape index (κ1) is 26.3. The highest BCUT2D eigenvalue weighted by atomic mass is 32.2.